The van der Waals surface area contributed by atoms with Crippen LogP contribution in [-0.2, 0) is 24.4 Å². The highest BCUT2D eigenvalue weighted by Gasteiger charge is 2.22. The maximum atomic E-state index is 13.0. The first kappa shape index (κ1) is 15.2. The van der Waals surface area contributed by atoms with Gasteiger partial charge in [0.05, 0.1) is 12.3 Å². The predicted molar refractivity (Wildman–Crippen MR) is 82.7 cm³/mol. The second-order valence-corrected chi connectivity index (χ2v) is 5.83. The molecule has 0 spiro atoms. The van der Waals surface area contributed by atoms with Crippen LogP contribution in [0, 0.1) is 11.7 Å². The lowest BCUT2D eigenvalue weighted by molar-refractivity contribution is 0.0841. The first-order chi connectivity index (χ1) is 10.7. The third-order valence-corrected chi connectivity index (χ3v) is 4.01. The molecule has 1 atom stereocenters. The third-order valence-electron chi connectivity index (χ3n) is 4.01. The van der Waals surface area contributed by atoms with Crippen LogP contribution >= 0.6 is 0 Å². The van der Waals surface area contributed by atoms with Crippen LogP contribution in [0.4, 0.5) is 4.39 Å². The highest BCUT2D eigenvalue weighted by Crippen LogP contribution is 2.18. The Bertz CT molecular complexity index is 596. The van der Waals surface area contributed by atoms with E-state index in [9.17, 15) is 4.39 Å². The van der Waals surface area contributed by atoms with Crippen molar-refractivity contribution in [2.75, 3.05) is 19.8 Å². The van der Waals surface area contributed by atoms with Gasteiger partial charge in [-0.1, -0.05) is 12.1 Å². The van der Waals surface area contributed by atoms with Gasteiger partial charge >= 0.3 is 0 Å². The molecule has 0 N–H and O–H groups in total. The van der Waals surface area contributed by atoms with E-state index < -0.39 is 0 Å². The van der Waals surface area contributed by atoms with Crippen molar-refractivity contribution in [3.8, 4) is 0 Å². The minimum Gasteiger partial charge on any atom is -0.381 e. The van der Waals surface area contributed by atoms with Crippen molar-refractivity contribution in [2.24, 2.45) is 5.92 Å². The van der Waals surface area contributed by atoms with Crippen LogP contribution < -0.4 is 0 Å². The molecular formula is C17H22FN3O. The zero-order valence-corrected chi connectivity index (χ0v) is 12.9. The lowest BCUT2D eigenvalue weighted by Crippen LogP contribution is -2.30. The Morgan fingerprint density at radius 1 is 1.23 bits per heavy atom. The van der Waals surface area contributed by atoms with Crippen LogP contribution in [0.2, 0.25) is 0 Å². The summed E-state index contributed by atoms with van der Waals surface area (Å²) in [6.07, 6.45) is 1.86. The zero-order chi connectivity index (χ0) is 15.4. The zero-order valence-electron chi connectivity index (χ0n) is 12.9. The van der Waals surface area contributed by atoms with Gasteiger partial charge in [0.15, 0.2) is 0 Å². The molecule has 1 aliphatic rings. The number of halogens is 1. The normalized spacial score (nSPS) is 18.9. The van der Waals surface area contributed by atoms with Gasteiger partial charge in [-0.15, -0.1) is 0 Å². The van der Waals surface area contributed by atoms with Crippen LogP contribution in [-0.4, -0.2) is 34.4 Å². The highest BCUT2D eigenvalue weighted by atomic mass is 19.1. The summed E-state index contributed by atoms with van der Waals surface area (Å²) in [6.45, 7) is 7.03. The van der Waals surface area contributed by atoms with Crippen LogP contribution in [0.25, 0.3) is 0 Å². The van der Waals surface area contributed by atoms with Crippen LogP contribution in [0.5, 0.6) is 0 Å². The van der Waals surface area contributed by atoms with E-state index in [2.05, 4.69) is 20.7 Å². The van der Waals surface area contributed by atoms with Gasteiger partial charge in [0.25, 0.3) is 0 Å². The molecule has 0 bridgehead atoms. The highest BCUT2D eigenvalue weighted by molar-refractivity contribution is 5.16. The summed E-state index contributed by atoms with van der Waals surface area (Å²) in [5, 5.41) is 4.41. The fraction of sp³-hybridized carbons (Fsp3) is 0.471. The van der Waals surface area contributed by atoms with Gasteiger partial charge in [0.1, 0.15) is 5.82 Å². The van der Waals surface area contributed by atoms with Gasteiger partial charge in [-0.2, -0.15) is 5.10 Å². The summed E-state index contributed by atoms with van der Waals surface area (Å²) < 4.78 is 20.7. The summed E-state index contributed by atoms with van der Waals surface area (Å²) in [5.74, 6) is 0.230. The summed E-state index contributed by atoms with van der Waals surface area (Å²) in [6, 6.07) is 8.83. The largest absolute Gasteiger partial charge is 0.381 e. The number of aromatic nitrogens is 2. The van der Waals surface area contributed by atoms with Gasteiger partial charge < -0.3 is 4.74 Å². The molecule has 1 unspecified atom stereocenters. The van der Waals surface area contributed by atoms with E-state index in [1.54, 1.807) is 0 Å². The molecule has 3 rings (SSSR count). The fourth-order valence-electron chi connectivity index (χ4n) is 2.98. The molecule has 1 aromatic heterocycles. The first-order valence-electron chi connectivity index (χ1n) is 7.80. The number of hydrogen-bond donors (Lipinski definition) is 0. The van der Waals surface area contributed by atoms with Gasteiger partial charge in [0.2, 0.25) is 0 Å². The molecular weight excluding hydrogens is 281 g/mol. The number of rotatable bonds is 5. The topological polar surface area (TPSA) is 30.3 Å². The molecule has 0 fully saturated rings. The molecule has 0 saturated carbocycles. The Kier molecular flexibility index (Phi) is 4.85. The summed E-state index contributed by atoms with van der Waals surface area (Å²) in [4.78, 5) is 2.39. The van der Waals surface area contributed by atoms with E-state index in [0.717, 1.165) is 45.0 Å². The van der Waals surface area contributed by atoms with Gasteiger partial charge in [-0.25, -0.2) is 4.39 Å². The number of ether oxygens (including phenoxy) is 1. The monoisotopic (exact) mass is 303 g/mol. The van der Waals surface area contributed by atoms with Crippen LogP contribution in [0.1, 0.15) is 18.2 Å². The minimum atomic E-state index is -0.188. The lowest BCUT2D eigenvalue weighted by atomic mass is 10.1. The number of nitrogens with zero attached hydrogens (tertiary/aromatic N) is 3. The second-order valence-electron chi connectivity index (χ2n) is 5.83. The predicted octanol–water partition coefficient (Wildman–Crippen LogP) is 2.69. The molecule has 5 heteroatoms. The van der Waals surface area contributed by atoms with Crippen molar-refractivity contribution in [1.29, 1.82) is 0 Å². The van der Waals surface area contributed by atoms with Crippen molar-refractivity contribution < 1.29 is 9.13 Å². The molecule has 0 aliphatic carbocycles. The Hall–Kier alpha value is -1.72. The molecule has 1 aliphatic heterocycles. The van der Waals surface area contributed by atoms with Crippen molar-refractivity contribution >= 4 is 0 Å². The van der Waals surface area contributed by atoms with Crippen LogP contribution in [0.15, 0.2) is 36.5 Å². The Labute approximate surface area is 130 Å². The van der Waals surface area contributed by atoms with E-state index in [-0.39, 0.29) is 5.82 Å². The minimum absolute atomic E-state index is 0.188. The third kappa shape index (κ3) is 3.72. The maximum Gasteiger partial charge on any atom is 0.123 e. The van der Waals surface area contributed by atoms with Crippen molar-refractivity contribution in [3.63, 3.8) is 0 Å². The average molecular weight is 303 g/mol. The summed E-state index contributed by atoms with van der Waals surface area (Å²) >= 11 is 0. The lowest BCUT2D eigenvalue weighted by Gasteiger charge is -2.23. The average Bonchev–Trinajstić information content (AvgIpc) is 2.87. The number of hydrogen-bond acceptors (Lipinski definition) is 3. The maximum absolute atomic E-state index is 13.0. The first-order valence-corrected chi connectivity index (χ1v) is 7.80. The standard InChI is InChI=1S/C17H22FN3O/c1-2-22-13-15-10-20(9-14-3-5-16(18)6-4-14)12-17-7-8-19-21(17)11-15/h3-8,15H,2,9-13H2,1H3. The molecule has 118 valence electrons. The summed E-state index contributed by atoms with van der Waals surface area (Å²) in [7, 11) is 0. The van der Waals surface area contributed by atoms with Gasteiger partial charge in [-0.05, 0) is 30.7 Å². The molecule has 0 saturated heterocycles. The van der Waals surface area contributed by atoms with E-state index in [4.69, 9.17) is 4.74 Å². The smallest absolute Gasteiger partial charge is 0.123 e. The number of fused-ring (bicyclic) bond motifs is 1. The SMILES string of the molecule is CCOCC1CN(Cc2ccc(F)cc2)Cc2ccnn2C1. The van der Waals surface area contributed by atoms with Crippen molar-refractivity contribution in [2.45, 2.75) is 26.6 Å². The molecule has 2 heterocycles. The Balaban J connectivity index is 1.73. The van der Waals surface area contributed by atoms with E-state index >= 15 is 0 Å². The van der Waals surface area contributed by atoms with E-state index in [1.807, 2.05) is 25.3 Å². The molecule has 22 heavy (non-hydrogen) atoms. The van der Waals surface area contributed by atoms with Crippen molar-refractivity contribution in [1.82, 2.24) is 14.7 Å². The van der Waals surface area contributed by atoms with Crippen molar-refractivity contribution in [3.05, 3.63) is 53.6 Å². The molecule has 4 nitrogen and oxygen atoms in total. The molecule has 1 aromatic carbocycles. The summed E-state index contributed by atoms with van der Waals surface area (Å²) in [5.41, 5.74) is 2.35. The van der Waals surface area contributed by atoms with E-state index in [0.29, 0.717) is 5.92 Å². The van der Waals surface area contributed by atoms with E-state index in [1.165, 1.54) is 17.8 Å². The Morgan fingerprint density at radius 2 is 2.05 bits per heavy atom. The van der Waals surface area contributed by atoms with Gasteiger partial charge in [0, 0.05) is 44.9 Å². The van der Waals surface area contributed by atoms with Crippen LogP contribution in [0.3, 0.4) is 0 Å². The molecule has 0 radical (unpaired) electrons. The molecule has 2 aromatic rings. The molecule has 0 amide bonds. The van der Waals surface area contributed by atoms with Gasteiger partial charge in [-0.3, -0.25) is 9.58 Å². The fourth-order valence-corrected chi connectivity index (χ4v) is 2.98. The quantitative estimate of drug-likeness (QED) is 0.851. The second kappa shape index (κ2) is 7.03. The number of benzene rings is 1. The Morgan fingerprint density at radius 3 is 2.82 bits per heavy atom.